The number of methoxy groups -OCH3 is 1. The normalized spacial score (nSPS) is 24.0. The largest absolute Gasteiger partial charge is 0.495 e. The Balaban J connectivity index is 1.82. The van der Waals surface area contributed by atoms with Crippen molar-refractivity contribution in [1.82, 2.24) is 4.31 Å². The number of hydrogen-bond acceptors (Lipinski definition) is 6. The molecule has 1 aromatic carbocycles. The molecule has 9 heteroatoms. The van der Waals surface area contributed by atoms with Crippen LogP contribution in [0.1, 0.15) is 26.2 Å². The molecule has 1 saturated carbocycles. The van der Waals surface area contributed by atoms with Crippen LogP contribution in [0.25, 0.3) is 0 Å². The number of Topliss-reactive ketones (excluding diaryl/α,β-unsaturated/α-hetero) is 1. The van der Waals surface area contributed by atoms with Crippen molar-refractivity contribution in [3.63, 3.8) is 0 Å². The first kappa shape index (κ1) is 20.8. The lowest BCUT2D eigenvalue weighted by molar-refractivity contribution is -0.127. The number of nitrogens with zero attached hydrogens (tertiary/aromatic N) is 1. The summed E-state index contributed by atoms with van der Waals surface area (Å²) >= 11 is 0. The number of rotatable bonds is 5. The Morgan fingerprint density at radius 2 is 2.00 bits per heavy atom. The Morgan fingerprint density at radius 3 is 2.64 bits per heavy atom. The summed E-state index contributed by atoms with van der Waals surface area (Å²) in [5.74, 6) is -0.0870. The summed E-state index contributed by atoms with van der Waals surface area (Å²) in [6.07, 6.45) is 1.32. The first-order chi connectivity index (χ1) is 13.3. The van der Waals surface area contributed by atoms with Crippen LogP contribution in [0, 0.1) is 11.8 Å². The van der Waals surface area contributed by atoms with Gasteiger partial charge in [-0.3, -0.25) is 9.59 Å². The Labute approximate surface area is 165 Å². The molecule has 28 heavy (non-hydrogen) atoms. The molecule has 0 bridgehead atoms. The van der Waals surface area contributed by atoms with E-state index in [1.165, 1.54) is 23.5 Å². The lowest BCUT2D eigenvalue weighted by Crippen LogP contribution is -2.40. The average molecular weight is 410 g/mol. The predicted octanol–water partition coefficient (Wildman–Crippen LogP) is 1.66. The fourth-order valence-corrected chi connectivity index (χ4v) is 5.30. The van der Waals surface area contributed by atoms with Gasteiger partial charge in [-0.05, 0) is 30.5 Å². The summed E-state index contributed by atoms with van der Waals surface area (Å²) in [6.45, 7) is 3.13. The highest BCUT2D eigenvalue weighted by Crippen LogP contribution is 2.32. The third kappa shape index (κ3) is 4.37. The van der Waals surface area contributed by atoms with Crippen LogP contribution in [0.5, 0.6) is 5.75 Å². The fourth-order valence-electron chi connectivity index (χ4n) is 3.71. The van der Waals surface area contributed by atoms with Gasteiger partial charge in [-0.2, -0.15) is 4.31 Å². The standard InChI is InChI=1S/C19H26N2O6S/c1-13-11-15(22)4-5-16(13)19(23)20-14-3-6-17(26-2)18(12-14)28(24,25)21-7-9-27-10-8-21/h3,6,12-13,16H,4-5,7-11H2,1-2H3,(H,20,23)/t13-,16-/m1/s1. The van der Waals surface area contributed by atoms with Gasteiger partial charge in [-0.25, -0.2) is 8.42 Å². The van der Waals surface area contributed by atoms with E-state index >= 15 is 0 Å². The van der Waals surface area contributed by atoms with Crippen LogP contribution >= 0.6 is 0 Å². The zero-order valence-electron chi connectivity index (χ0n) is 16.1. The van der Waals surface area contributed by atoms with Gasteiger partial charge >= 0.3 is 0 Å². The van der Waals surface area contributed by atoms with Gasteiger partial charge in [0.2, 0.25) is 15.9 Å². The second-order valence-corrected chi connectivity index (χ2v) is 9.14. The maximum Gasteiger partial charge on any atom is 0.246 e. The minimum Gasteiger partial charge on any atom is -0.495 e. The first-order valence-corrected chi connectivity index (χ1v) is 10.9. The van der Waals surface area contributed by atoms with Crippen LogP contribution in [0.3, 0.4) is 0 Å². The van der Waals surface area contributed by atoms with Crippen LogP contribution in [0.15, 0.2) is 23.1 Å². The predicted molar refractivity (Wildman–Crippen MR) is 103 cm³/mol. The van der Waals surface area contributed by atoms with Gasteiger partial charge in [0.25, 0.3) is 0 Å². The molecule has 1 aliphatic carbocycles. The van der Waals surface area contributed by atoms with Gasteiger partial charge in [0.1, 0.15) is 16.4 Å². The maximum atomic E-state index is 13.0. The summed E-state index contributed by atoms with van der Waals surface area (Å²) in [7, 11) is -2.36. The van der Waals surface area contributed by atoms with E-state index < -0.39 is 10.0 Å². The molecule has 1 amide bonds. The van der Waals surface area contributed by atoms with Gasteiger partial charge in [-0.15, -0.1) is 0 Å². The van der Waals surface area contributed by atoms with E-state index in [9.17, 15) is 18.0 Å². The van der Waals surface area contributed by atoms with Crippen LogP contribution in [0.4, 0.5) is 5.69 Å². The number of ketones is 1. The Morgan fingerprint density at radius 1 is 1.29 bits per heavy atom. The summed E-state index contributed by atoms with van der Waals surface area (Å²) in [6, 6.07) is 4.59. The summed E-state index contributed by atoms with van der Waals surface area (Å²) < 4.78 is 37.9. The lowest BCUT2D eigenvalue weighted by atomic mass is 9.79. The van der Waals surface area contributed by atoms with Crippen molar-refractivity contribution >= 4 is 27.4 Å². The van der Waals surface area contributed by atoms with Crippen molar-refractivity contribution in [3.8, 4) is 5.75 Å². The molecule has 2 atom stereocenters. The van der Waals surface area contributed by atoms with Gasteiger partial charge in [0, 0.05) is 37.5 Å². The first-order valence-electron chi connectivity index (χ1n) is 9.41. The van der Waals surface area contributed by atoms with Gasteiger partial charge in [0.05, 0.1) is 20.3 Å². The molecule has 0 radical (unpaired) electrons. The monoisotopic (exact) mass is 410 g/mol. The third-order valence-electron chi connectivity index (χ3n) is 5.33. The van der Waals surface area contributed by atoms with Crippen LogP contribution in [-0.2, 0) is 24.3 Å². The molecular weight excluding hydrogens is 384 g/mol. The van der Waals surface area contributed by atoms with Crippen molar-refractivity contribution in [2.45, 2.75) is 31.1 Å². The molecule has 1 N–H and O–H groups in total. The maximum absolute atomic E-state index is 13.0. The SMILES string of the molecule is COc1ccc(NC(=O)[C@@H]2CCC(=O)C[C@H]2C)cc1S(=O)(=O)N1CCOCC1. The number of anilines is 1. The molecule has 0 unspecified atom stereocenters. The van der Waals surface area contributed by atoms with E-state index in [1.807, 2.05) is 6.92 Å². The number of carbonyl (C=O) groups is 2. The summed E-state index contributed by atoms with van der Waals surface area (Å²) in [4.78, 5) is 24.2. The molecule has 0 spiro atoms. The molecule has 0 aromatic heterocycles. The highest BCUT2D eigenvalue weighted by molar-refractivity contribution is 7.89. The highest BCUT2D eigenvalue weighted by atomic mass is 32.2. The topological polar surface area (TPSA) is 102 Å². The molecule has 8 nitrogen and oxygen atoms in total. The van der Waals surface area contributed by atoms with E-state index in [4.69, 9.17) is 9.47 Å². The Bertz CT molecular complexity index is 848. The minimum absolute atomic E-state index is 0.0153. The molecule has 154 valence electrons. The molecule has 1 saturated heterocycles. The van der Waals surface area contributed by atoms with E-state index in [0.29, 0.717) is 38.2 Å². The Kier molecular flexibility index (Phi) is 6.36. The zero-order chi connectivity index (χ0) is 20.3. The fraction of sp³-hybridized carbons (Fsp3) is 0.579. The lowest BCUT2D eigenvalue weighted by Gasteiger charge is -2.28. The number of ether oxygens (including phenoxy) is 2. The second kappa shape index (κ2) is 8.59. The molecule has 1 aromatic rings. The van der Waals surface area contributed by atoms with E-state index in [1.54, 1.807) is 6.07 Å². The number of hydrogen-bond donors (Lipinski definition) is 1. The molecule has 3 rings (SSSR count). The second-order valence-electron chi connectivity index (χ2n) is 7.24. The Hall–Kier alpha value is -1.97. The number of carbonyl (C=O) groups excluding carboxylic acids is 2. The van der Waals surface area contributed by atoms with Gasteiger partial charge in [-0.1, -0.05) is 6.92 Å². The highest BCUT2D eigenvalue weighted by Gasteiger charge is 2.32. The minimum atomic E-state index is -3.77. The van der Waals surface area contributed by atoms with E-state index in [0.717, 1.165) is 0 Å². The number of nitrogens with one attached hydrogen (secondary N) is 1. The van der Waals surface area contributed by atoms with E-state index in [-0.39, 0.29) is 47.3 Å². The molecule has 1 aliphatic heterocycles. The molecule has 2 aliphatic rings. The van der Waals surface area contributed by atoms with Crippen LogP contribution < -0.4 is 10.1 Å². The number of sulfonamides is 1. The summed E-state index contributed by atoms with van der Waals surface area (Å²) in [5, 5.41) is 2.81. The average Bonchev–Trinajstić information content (AvgIpc) is 2.68. The van der Waals surface area contributed by atoms with Gasteiger partial charge < -0.3 is 14.8 Å². The van der Waals surface area contributed by atoms with E-state index in [2.05, 4.69) is 5.32 Å². The zero-order valence-corrected chi connectivity index (χ0v) is 17.0. The van der Waals surface area contributed by atoms with Crippen molar-refractivity contribution in [2.24, 2.45) is 11.8 Å². The van der Waals surface area contributed by atoms with Crippen LogP contribution in [-0.4, -0.2) is 57.8 Å². The smallest absolute Gasteiger partial charge is 0.246 e. The molecule has 2 fully saturated rings. The number of amides is 1. The summed E-state index contributed by atoms with van der Waals surface area (Å²) in [5.41, 5.74) is 0.390. The van der Waals surface area contributed by atoms with Crippen molar-refractivity contribution < 1.29 is 27.5 Å². The molecular formula is C19H26N2O6S. The van der Waals surface area contributed by atoms with Crippen LogP contribution in [0.2, 0.25) is 0 Å². The molecule has 1 heterocycles. The number of morpholine rings is 1. The van der Waals surface area contributed by atoms with Crippen molar-refractivity contribution in [1.29, 1.82) is 0 Å². The van der Waals surface area contributed by atoms with Crippen molar-refractivity contribution in [2.75, 3.05) is 38.7 Å². The number of benzene rings is 1. The van der Waals surface area contributed by atoms with Crippen molar-refractivity contribution in [3.05, 3.63) is 18.2 Å². The quantitative estimate of drug-likeness (QED) is 0.792. The third-order valence-corrected chi connectivity index (χ3v) is 7.25. The van der Waals surface area contributed by atoms with Gasteiger partial charge in [0.15, 0.2) is 0 Å².